The number of nitrogens with zero attached hydrogens (tertiary/aromatic N) is 4. The van der Waals surface area contributed by atoms with Crippen molar-refractivity contribution in [2.75, 3.05) is 18.4 Å². The number of methoxy groups -OCH3 is 1. The molecule has 184 valence electrons. The smallest absolute Gasteiger partial charge is 0.300 e. The van der Waals surface area contributed by atoms with Gasteiger partial charge in [0.05, 0.1) is 30.6 Å². The van der Waals surface area contributed by atoms with Crippen LogP contribution in [0.15, 0.2) is 45.8 Å². The summed E-state index contributed by atoms with van der Waals surface area (Å²) in [6.45, 7) is 5.86. The Kier molecular flexibility index (Phi) is 7.03. The van der Waals surface area contributed by atoms with Crippen LogP contribution >= 0.6 is 11.3 Å². The molecule has 0 spiro atoms. The maximum Gasteiger partial charge on any atom is 0.300 e. The highest BCUT2D eigenvalue weighted by Gasteiger charge is 2.23. The van der Waals surface area contributed by atoms with Crippen molar-refractivity contribution >= 4 is 32.7 Å². The number of aryl methyl sites for hydroxylation is 2. The van der Waals surface area contributed by atoms with Gasteiger partial charge in [0, 0.05) is 23.5 Å². The molecule has 0 saturated heterocycles. The normalized spacial score (nSPS) is 11.5. The van der Waals surface area contributed by atoms with Gasteiger partial charge in [0.1, 0.15) is 11.3 Å². The molecule has 4 rings (SSSR count). The standard InChI is InChI=1S/C23H25N5O5S2/c1-5-6-9-33-19-12-24-20-8-7-16(13-28(20)22(19)29)17-10-18(21(32-4)25-11-17)27-35(30,31)23-14(2)26-15(3)34-23/h7-8,10-13,27H,5-6,9H2,1-4H3. The highest BCUT2D eigenvalue weighted by atomic mass is 32.2. The summed E-state index contributed by atoms with van der Waals surface area (Å²) in [6.07, 6.45) is 6.37. The van der Waals surface area contributed by atoms with Crippen LogP contribution in [0.5, 0.6) is 11.6 Å². The number of fused-ring (bicyclic) bond motifs is 1. The zero-order valence-electron chi connectivity index (χ0n) is 19.7. The van der Waals surface area contributed by atoms with Crippen molar-refractivity contribution in [2.45, 2.75) is 37.8 Å². The summed E-state index contributed by atoms with van der Waals surface area (Å²) >= 11 is 1.09. The first-order chi connectivity index (χ1) is 16.7. The van der Waals surface area contributed by atoms with Gasteiger partial charge in [-0.1, -0.05) is 13.3 Å². The van der Waals surface area contributed by atoms with Crippen molar-refractivity contribution in [3.05, 3.63) is 57.8 Å². The van der Waals surface area contributed by atoms with Crippen molar-refractivity contribution in [3.8, 4) is 22.8 Å². The number of rotatable bonds is 9. The van der Waals surface area contributed by atoms with E-state index in [-0.39, 0.29) is 27.1 Å². The topological polar surface area (TPSA) is 125 Å². The molecule has 0 bridgehead atoms. The van der Waals surface area contributed by atoms with E-state index in [0.717, 1.165) is 24.2 Å². The van der Waals surface area contributed by atoms with E-state index in [0.29, 0.717) is 34.1 Å². The van der Waals surface area contributed by atoms with Crippen molar-refractivity contribution < 1.29 is 17.9 Å². The molecule has 0 amide bonds. The minimum atomic E-state index is -3.91. The second kappa shape index (κ2) is 10.0. The molecular formula is C23H25N5O5S2. The van der Waals surface area contributed by atoms with Gasteiger partial charge < -0.3 is 9.47 Å². The fraction of sp³-hybridized carbons (Fsp3) is 0.304. The van der Waals surface area contributed by atoms with E-state index in [9.17, 15) is 13.2 Å². The molecule has 35 heavy (non-hydrogen) atoms. The molecule has 4 aromatic rings. The molecule has 0 fully saturated rings. The van der Waals surface area contributed by atoms with Crippen molar-refractivity contribution in [1.82, 2.24) is 19.4 Å². The maximum atomic E-state index is 13.0. The Labute approximate surface area is 206 Å². The van der Waals surface area contributed by atoms with E-state index >= 15 is 0 Å². The summed E-state index contributed by atoms with van der Waals surface area (Å²) < 4.78 is 41.0. The first-order valence-corrected chi connectivity index (χ1v) is 13.2. The Balaban J connectivity index is 1.73. The van der Waals surface area contributed by atoms with Gasteiger partial charge in [0.15, 0.2) is 4.21 Å². The van der Waals surface area contributed by atoms with Gasteiger partial charge in [-0.15, -0.1) is 11.3 Å². The van der Waals surface area contributed by atoms with Crippen molar-refractivity contribution in [1.29, 1.82) is 0 Å². The Hall–Kier alpha value is -3.51. The van der Waals surface area contributed by atoms with Crippen LogP contribution in [-0.4, -0.2) is 41.5 Å². The average molecular weight is 516 g/mol. The van der Waals surface area contributed by atoms with Crippen molar-refractivity contribution in [2.24, 2.45) is 0 Å². The van der Waals surface area contributed by atoms with Crippen LogP contribution in [-0.2, 0) is 10.0 Å². The summed E-state index contributed by atoms with van der Waals surface area (Å²) in [5.74, 6) is 0.284. The molecular weight excluding hydrogens is 490 g/mol. The van der Waals surface area contributed by atoms with Crippen LogP contribution in [0.25, 0.3) is 16.8 Å². The summed E-state index contributed by atoms with van der Waals surface area (Å²) in [5, 5.41) is 0.648. The predicted octanol–water partition coefficient (Wildman–Crippen LogP) is 3.82. The molecule has 4 heterocycles. The lowest BCUT2D eigenvalue weighted by Crippen LogP contribution is -2.18. The first-order valence-electron chi connectivity index (χ1n) is 10.9. The Morgan fingerprint density at radius 3 is 2.63 bits per heavy atom. The highest BCUT2D eigenvalue weighted by molar-refractivity contribution is 7.94. The maximum absolute atomic E-state index is 13.0. The number of ether oxygens (including phenoxy) is 2. The molecule has 10 nitrogen and oxygen atoms in total. The van der Waals surface area contributed by atoms with E-state index < -0.39 is 10.0 Å². The number of aromatic nitrogens is 4. The number of thiazole rings is 1. The Bertz CT molecular complexity index is 1550. The number of hydrogen-bond donors (Lipinski definition) is 1. The van der Waals surface area contributed by atoms with Crippen LogP contribution in [0.3, 0.4) is 0 Å². The SMILES string of the molecule is CCCCOc1cnc2ccc(-c3cnc(OC)c(NS(=O)(=O)c4sc(C)nc4C)c3)cn2c1=O. The summed E-state index contributed by atoms with van der Waals surface area (Å²) in [7, 11) is -2.50. The first kappa shape index (κ1) is 24.6. The lowest BCUT2D eigenvalue weighted by atomic mass is 10.1. The third kappa shape index (κ3) is 5.13. The largest absolute Gasteiger partial charge is 0.487 e. The fourth-order valence-corrected chi connectivity index (χ4v) is 5.99. The number of anilines is 1. The Morgan fingerprint density at radius 1 is 1.14 bits per heavy atom. The molecule has 0 aliphatic carbocycles. The number of hydrogen-bond acceptors (Lipinski definition) is 9. The molecule has 0 aliphatic heterocycles. The van der Waals surface area contributed by atoms with Crippen LogP contribution < -0.4 is 19.8 Å². The molecule has 0 aliphatic rings. The quantitative estimate of drug-likeness (QED) is 0.334. The van der Waals surface area contributed by atoms with Gasteiger partial charge in [0.25, 0.3) is 15.6 Å². The lowest BCUT2D eigenvalue weighted by molar-refractivity contribution is 0.303. The van der Waals surface area contributed by atoms with Crippen LogP contribution in [0, 0.1) is 13.8 Å². The lowest BCUT2D eigenvalue weighted by Gasteiger charge is -2.13. The average Bonchev–Trinajstić information content (AvgIpc) is 3.19. The number of sulfonamides is 1. The van der Waals surface area contributed by atoms with E-state index in [4.69, 9.17) is 9.47 Å². The van der Waals surface area contributed by atoms with Crippen LogP contribution in [0.2, 0.25) is 0 Å². The zero-order chi connectivity index (χ0) is 25.2. The summed E-state index contributed by atoms with van der Waals surface area (Å²) in [5.41, 5.74) is 1.92. The minimum Gasteiger partial charge on any atom is -0.487 e. The molecule has 12 heteroatoms. The number of unbranched alkanes of at least 4 members (excludes halogenated alkanes) is 1. The Morgan fingerprint density at radius 2 is 1.94 bits per heavy atom. The molecule has 1 N–H and O–H groups in total. The van der Waals surface area contributed by atoms with Gasteiger partial charge in [0.2, 0.25) is 11.6 Å². The van der Waals surface area contributed by atoms with Gasteiger partial charge in [-0.3, -0.25) is 13.9 Å². The van der Waals surface area contributed by atoms with E-state index in [1.807, 2.05) is 6.92 Å². The molecule has 0 unspecified atom stereocenters. The van der Waals surface area contributed by atoms with Gasteiger partial charge in [-0.25, -0.2) is 23.4 Å². The highest BCUT2D eigenvalue weighted by Crippen LogP contribution is 2.32. The van der Waals surface area contributed by atoms with Crippen molar-refractivity contribution in [3.63, 3.8) is 0 Å². The second-order valence-corrected chi connectivity index (χ2v) is 10.8. The van der Waals surface area contributed by atoms with E-state index in [1.165, 1.54) is 17.7 Å². The second-order valence-electron chi connectivity index (χ2n) is 7.77. The van der Waals surface area contributed by atoms with Gasteiger partial charge in [-0.05, 0) is 38.5 Å². The fourth-order valence-electron chi connectivity index (χ4n) is 3.45. The predicted molar refractivity (Wildman–Crippen MR) is 134 cm³/mol. The van der Waals surface area contributed by atoms with Gasteiger partial charge >= 0.3 is 0 Å². The zero-order valence-corrected chi connectivity index (χ0v) is 21.4. The summed E-state index contributed by atoms with van der Waals surface area (Å²) in [6, 6.07) is 5.08. The minimum absolute atomic E-state index is 0.113. The third-order valence-electron chi connectivity index (χ3n) is 5.15. The third-order valence-corrected chi connectivity index (χ3v) is 8.20. The monoisotopic (exact) mass is 515 g/mol. The van der Waals surface area contributed by atoms with E-state index in [1.54, 1.807) is 44.4 Å². The molecule has 4 aromatic heterocycles. The summed E-state index contributed by atoms with van der Waals surface area (Å²) in [4.78, 5) is 25.7. The van der Waals surface area contributed by atoms with E-state index in [2.05, 4.69) is 19.7 Å². The molecule has 0 atom stereocenters. The number of nitrogens with one attached hydrogen (secondary N) is 1. The van der Waals surface area contributed by atoms with Crippen LogP contribution in [0.4, 0.5) is 5.69 Å². The van der Waals surface area contributed by atoms with Crippen LogP contribution in [0.1, 0.15) is 30.5 Å². The number of pyridine rings is 2. The van der Waals surface area contributed by atoms with Gasteiger partial charge in [-0.2, -0.15) is 0 Å². The molecule has 0 radical (unpaired) electrons. The molecule has 0 saturated carbocycles. The molecule has 0 aromatic carbocycles.